The number of carbonyl (C=O) groups excluding carboxylic acids is 1. The largest absolute Gasteiger partial charge is 0.338 e. The smallest absolute Gasteiger partial charge is 0.263 e. The van der Waals surface area contributed by atoms with Gasteiger partial charge in [0.05, 0.1) is 4.88 Å². The predicted octanol–water partition coefficient (Wildman–Crippen LogP) is 4.16. The molecule has 18 heavy (non-hydrogen) atoms. The molecule has 0 aliphatic rings. The van der Waals surface area contributed by atoms with Gasteiger partial charge in [0.2, 0.25) is 0 Å². The molecule has 3 heteroatoms. The SMILES string of the molecule is CCCCN(CC)C(=O)c1cc2ccccc2s1. The topological polar surface area (TPSA) is 20.3 Å². The summed E-state index contributed by atoms with van der Waals surface area (Å²) in [6.45, 7) is 5.84. The van der Waals surface area contributed by atoms with Crippen LogP contribution in [0.5, 0.6) is 0 Å². The highest BCUT2D eigenvalue weighted by Crippen LogP contribution is 2.26. The van der Waals surface area contributed by atoms with E-state index >= 15 is 0 Å². The standard InChI is InChI=1S/C15H19NOS/c1-3-5-10-16(4-2)15(17)14-11-12-8-6-7-9-13(12)18-14/h6-9,11H,3-5,10H2,1-2H3. The van der Waals surface area contributed by atoms with E-state index in [1.54, 1.807) is 11.3 Å². The normalized spacial score (nSPS) is 10.8. The second-order valence-corrected chi connectivity index (χ2v) is 5.47. The Morgan fingerprint density at radius 2 is 2.06 bits per heavy atom. The fourth-order valence-electron chi connectivity index (χ4n) is 2.00. The first-order valence-electron chi connectivity index (χ1n) is 6.54. The molecule has 0 N–H and O–H groups in total. The predicted molar refractivity (Wildman–Crippen MR) is 78.3 cm³/mol. The number of rotatable bonds is 5. The highest BCUT2D eigenvalue weighted by atomic mass is 32.1. The van der Waals surface area contributed by atoms with Crippen molar-refractivity contribution in [3.8, 4) is 0 Å². The molecule has 0 bridgehead atoms. The van der Waals surface area contributed by atoms with Gasteiger partial charge in [0.1, 0.15) is 0 Å². The lowest BCUT2D eigenvalue weighted by molar-refractivity contribution is 0.0767. The maximum absolute atomic E-state index is 12.4. The maximum Gasteiger partial charge on any atom is 0.263 e. The summed E-state index contributed by atoms with van der Waals surface area (Å²) in [5.41, 5.74) is 0. The molecular weight excluding hydrogens is 242 g/mol. The molecule has 0 radical (unpaired) electrons. The van der Waals surface area contributed by atoms with Gasteiger partial charge < -0.3 is 4.90 Å². The van der Waals surface area contributed by atoms with Crippen molar-refractivity contribution in [1.29, 1.82) is 0 Å². The Morgan fingerprint density at radius 1 is 1.28 bits per heavy atom. The van der Waals surface area contributed by atoms with Crippen LogP contribution >= 0.6 is 11.3 Å². The molecule has 0 atom stereocenters. The molecule has 2 nitrogen and oxygen atoms in total. The van der Waals surface area contributed by atoms with Crippen LogP contribution in [0.3, 0.4) is 0 Å². The number of fused-ring (bicyclic) bond motifs is 1. The van der Waals surface area contributed by atoms with Crippen LogP contribution < -0.4 is 0 Å². The van der Waals surface area contributed by atoms with Gasteiger partial charge >= 0.3 is 0 Å². The van der Waals surface area contributed by atoms with Crippen molar-refractivity contribution in [1.82, 2.24) is 4.90 Å². The monoisotopic (exact) mass is 261 g/mol. The summed E-state index contributed by atoms with van der Waals surface area (Å²) in [6.07, 6.45) is 2.20. The number of benzene rings is 1. The van der Waals surface area contributed by atoms with Crippen LogP contribution in [0.25, 0.3) is 10.1 Å². The molecule has 96 valence electrons. The van der Waals surface area contributed by atoms with E-state index in [9.17, 15) is 4.79 Å². The van der Waals surface area contributed by atoms with E-state index in [0.29, 0.717) is 0 Å². The maximum atomic E-state index is 12.4. The zero-order valence-electron chi connectivity index (χ0n) is 11.0. The van der Waals surface area contributed by atoms with Crippen LogP contribution in [0.2, 0.25) is 0 Å². The minimum atomic E-state index is 0.173. The Labute approximate surface area is 112 Å². The van der Waals surface area contributed by atoms with Gasteiger partial charge in [-0.15, -0.1) is 11.3 Å². The molecule has 2 aromatic rings. The molecule has 0 aliphatic heterocycles. The molecule has 1 heterocycles. The Bertz CT molecular complexity index is 499. The van der Waals surface area contributed by atoms with Crippen molar-refractivity contribution in [2.24, 2.45) is 0 Å². The lowest BCUT2D eigenvalue weighted by Gasteiger charge is -2.19. The average molecular weight is 261 g/mol. The van der Waals surface area contributed by atoms with Gasteiger partial charge in [-0.1, -0.05) is 31.5 Å². The summed E-state index contributed by atoms with van der Waals surface area (Å²) in [5, 5.41) is 1.16. The quantitative estimate of drug-likeness (QED) is 0.791. The summed E-state index contributed by atoms with van der Waals surface area (Å²) in [6, 6.07) is 10.2. The third-order valence-electron chi connectivity index (χ3n) is 3.09. The lowest BCUT2D eigenvalue weighted by Crippen LogP contribution is -2.31. The zero-order chi connectivity index (χ0) is 13.0. The first-order valence-corrected chi connectivity index (χ1v) is 7.35. The average Bonchev–Trinajstić information content (AvgIpc) is 2.83. The summed E-state index contributed by atoms with van der Waals surface area (Å²) in [5.74, 6) is 0.173. The first-order chi connectivity index (χ1) is 8.76. The molecule has 0 spiro atoms. The Morgan fingerprint density at radius 3 is 2.72 bits per heavy atom. The minimum absolute atomic E-state index is 0.173. The van der Waals surface area contributed by atoms with Crippen molar-refractivity contribution < 1.29 is 4.79 Å². The number of thiophene rings is 1. The van der Waals surface area contributed by atoms with Crippen LogP contribution in [0.1, 0.15) is 36.4 Å². The third kappa shape index (κ3) is 2.72. The van der Waals surface area contributed by atoms with Crippen LogP contribution in [0.15, 0.2) is 30.3 Å². The summed E-state index contributed by atoms with van der Waals surface area (Å²) >= 11 is 1.59. The van der Waals surface area contributed by atoms with E-state index in [4.69, 9.17) is 0 Å². The van der Waals surface area contributed by atoms with E-state index < -0.39 is 0 Å². The fraction of sp³-hybridized carbons (Fsp3) is 0.400. The van der Waals surface area contributed by atoms with Gasteiger partial charge in [-0.25, -0.2) is 0 Å². The number of unbranched alkanes of at least 4 members (excludes halogenated alkanes) is 1. The van der Waals surface area contributed by atoms with Gasteiger partial charge in [-0.05, 0) is 30.9 Å². The van der Waals surface area contributed by atoms with Crippen LogP contribution in [-0.4, -0.2) is 23.9 Å². The molecule has 0 aliphatic carbocycles. The molecule has 1 aromatic carbocycles. The van der Waals surface area contributed by atoms with E-state index in [1.165, 1.54) is 4.70 Å². The Balaban J connectivity index is 2.21. The third-order valence-corrected chi connectivity index (χ3v) is 4.19. The number of carbonyl (C=O) groups is 1. The second-order valence-electron chi connectivity index (χ2n) is 4.39. The highest BCUT2D eigenvalue weighted by molar-refractivity contribution is 7.20. The lowest BCUT2D eigenvalue weighted by atomic mass is 10.2. The van der Waals surface area contributed by atoms with Gasteiger partial charge in [-0.3, -0.25) is 4.79 Å². The molecule has 0 unspecified atom stereocenters. The van der Waals surface area contributed by atoms with E-state index in [2.05, 4.69) is 19.1 Å². The van der Waals surface area contributed by atoms with Gasteiger partial charge in [0.25, 0.3) is 5.91 Å². The fourth-order valence-corrected chi connectivity index (χ4v) is 3.03. The summed E-state index contributed by atoms with van der Waals surface area (Å²) in [4.78, 5) is 15.2. The molecule has 1 amide bonds. The molecule has 1 aromatic heterocycles. The van der Waals surface area contributed by atoms with E-state index in [-0.39, 0.29) is 5.91 Å². The number of hydrogen-bond acceptors (Lipinski definition) is 2. The number of hydrogen-bond donors (Lipinski definition) is 0. The van der Waals surface area contributed by atoms with Crippen molar-refractivity contribution >= 4 is 27.3 Å². The van der Waals surface area contributed by atoms with Crippen molar-refractivity contribution in [2.45, 2.75) is 26.7 Å². The highest BCUT2D eigenvalue weighted by Gasteiger charge is 2.16. The first kappa shape index (κ1) is 13.1. The molecular formula is C15H19NOS. The van der Waals surface area contributed by atoms with E-state index in [0.717, 1.165) is 36.2 Å². The summed E-state index contributed by atoms with van der Waals surface area (Å²) in [7, 11) is 0. The Kier molecular flexibility index (Phi) is 4.37. The second kappa shape index (κ2) is 6.01. The number of amides is 1. The summed E-state index contributed by atoms with van der Waals surface area (Å²) < 4.78 is 1.19. The van der Waals surface area contributed by atoms with Crippen molar-refractivity contribution in [3.63, 3.8) is 0 Å². The molecule has 0 saturated heterocycles. The van der Waals surface area contributed by atoms with Crippen LogP contribution in [0, 0.1) is 0 Å². The van der Waals surface area contributed by atoms with Crippen molar-refractivity contribution in [3.05, 3.63) is 35.2 Å². The van der Waals surface area contributed by atoms with Crippen molar-refractivity contribution in [2.75, 3.05) is 13.1 Å². The van der Waals surface area contributed by atoms with E-state index in [1.807, 2.05) is 30.0 Å². The molecule has 2 rings (SSSR count). The minimum Gasteiger partial charge on any atom is -0.338 e. The van der Waals surface area contributed by atoms with Gasteiger partial charge in [0.15, 0.2) is 0 Å². The Hall–Kier alpha value is -1.35. The molecule has 0 saturated carbocycles. The number of nitrogens with zero attached hydrogens (tertiary/aromatic N) is 1. The van der Waals surface area contributed by atoms with Crippen LogP contribution in [0.4, 0.5) is 0 Å². The van der Waals surface area contributed by atoms with Crippen LogP contribution in [-0.2, 0) is 0 Å². The van der Waals surface area contributed by atoms with Gasteiger partial charge in [-0.2, -0.15) is 0 Å². The zero-order valence-corrected chi connectivity index (χ0v) is 11.8. The molecule has 0 fully saturated rings. The van der Waals surface area contributed by atoms with Gasteiger partial charge in [0, 0.05) is 17.8 Å².